The fourth-order valence-electron chi connectivity index (χ4n) is 8.31. The predicted octanol–water partition coefficient (Wildman–Crippen LogP) is 4.21. The third-order valence-electron chi connectivity index (χ3n) is 9.53. The summed E-state index contributed by atoms with van der Waals surface area (Å²) in [7, 11) is -4.36. The van der Waals surface area contributed by atoms with Gasteiger partial charge in [-0.05, 0) is 105 Å². The van der Waals surface area contributed by atoms with Crippen molar-refractivity contribution in [2.75, 3.05) is 0 Å². The van der Waals surface area contributed by atoms with Gasteiger partial charge in [-0.2, -0.15) is 8.42 Å². The van der Waals surface area contributed by atoms with E-state index in [4.69, 9.17) is 8.74 Å². The average Bonchev–Trinajstić information content (AvgIpc) is 2.91. The van der Waals surface area contributed by atoms with Crippen LogP contribution in [0.2, 0.25) is 0 Å². The fourth-order valence-corrected chi connectivity index (χ4v) is 8.83. The van der Waals surface area contributed by atoms with Crippen LogP contribution in [0.3, 0.4) is 0 Å². The molecule has 0 aromatic carbocycles. The molecule has 4 rings (SSSR count). The van der Waals surface area contributed by atoms with E-state index in [1.54, 1.807) is 0 Å². The first-order valence-corrected chi connectivity index (χ1v) is 12.2. The molecule has 6 heteroatoms. The van der Waals surface area contributed by atoms with Gasteiger partial charge in [0.05, 0.1) is 12.2 Å². The van der Waals surface area contributed by atoms with Gasteiger partial charge < -0.3 is 5.11 Å². The molecule has 0 bridgehead atoms. The topological polar surface area (TPSA) is 83.8 Å². The molecule has 0 aliphatic heterocycles. The molecule has 0 spiro atoms. The Bertz CT molecular complexity index is 676. The van der Waals surface area contributed by atoms with Gasteiger partial charge in [-0.1, -0.05) is 13.8 Å². The predicted molar refractivity (Wildman–Crippen MR) is 103 cm³/mol. The zero-order chi connectivity index (χ0) is 19.6. The molecule has 4 fully saturated rings. The molecule has 156 valence electrons. The van der Waals surface area contributed by atoms with Crippen molar-refractivity contribution >= 4 is 10.4 Å². The highest BCUT2D eigenvalue weighted by atomic mass is 32.3. The number of hydrogen-bond acceptors (Lipinski definition) is 4. The van der Waals surface area contributed by atoms with Gasteiger partial charge in [0.25, 0.3) is 0 Å². The monoisotopic (exact) mass is 400 g/mol. The first kappa shape index (κ1) is 20.1. The van der Waals surface area contributed by atoms with Crippen LogP contribution in [-0.2, 0) is 14.6 Å². The van der Waals surface area contributed by atoms with Gasteiger partial charge in [-0.25, -0.2) is 4.18 Å². The Morgan fingerprint density at radius 2 is 1.63 bits per heavy atom. The van der Waals surface area contributed by atoms with Crippen molar-refractivity contribution in [1.29, 1.82) is 0 Å². The van der Waals surface area contributed by atoms with Crippen molar-refractivity contribution in [2.24, 2.45) is 40.4 Å². The van der Waals surface area contributed by atoms with E-state index in [9.17, 15) is 13.5 Å². The molecule has 4 saturated carbocycles. The Balaban J connectivity index is 1.52. The Morgan fingerprint density at radius 1 is 0.963 bits per heavy atom. The third kappa shape index (κ3) is 3.28. The van der Waals surface area contributed by atoms with Crippen LogP contribution < -0.4 is 0 Å². The van der Waals surface area contributed by atoms with Crippen LogP contribution in [0.25, 0.3) is 0 Å². The minimum absolute atomic E-state index is 0.212. The minimum atomic E-state index is -4.36. The highest BCUT2D eigenvalue weighted by Gasteiger charge is 2.60. The summed E-state index contributed by atoms with van der Waals surface area (Å²) in [6.07, 6.45) is 9.08. The maximum absolute atomic E-state index is 11.1. The Morgan fingerprint density at radius 3 is 2.30 bits per heavy atom. The van der Waals surface area contributed by atoms with Crippen molar-refractivity contribution in [3.63, 3.8) is 0 Å². The van der Waals surface area contributed by atoms with Crippen LogP contribution >= 0.6 is 0 Å². The van der Waals surface area contributed by atoms with E-state index in [1.807, 2.05) is 6.92 Å². The Hall–Kier alpha value is -0.170. The van der Waals surface area contributed by atoms with Crippen LogP contribution in [0, 0.1) is 40.4 Å². The minimum Gasteiger partial charge on any atom is -0.393 e. The second-order valence-electron chi connectivity index (χ2n) is 10.5. The van der Waals surface area contributed by atoms with Crippen LogP contribution in [0.15, 0.2) is 0 Å². The summed E-state index contributed by atoms with van der Waals surface area (Å²) < 4.78 is 36.2. The van der Waals surface area contributed by atoms with Gasteiger partial charge in [-0.15, -0.1) is 0 Å². The zero-order valence-electron chi connectivity index (χ0n) is 16.9. The van der Waals surface area contributed by atoms with Crippen LogP contribution in [0.1, 0.15) is 78.6 Å². The lowest BCUT2D eigenvalue weighted by molar-refractivity contribution is -0.130. The van der Waals surface area contributed by atoms with Gasteiger partial charge >= 0.3 is 10.4 Å². The van der Waals surface area contributed by atoms with Crippen molar-refractivity contribution < 1.29 is 22.3 Å². The lowest BCUT2D eigenvalue weighted by Crippen LogP contribution is -2.54. The summed E-state index contributed by atoms with van der Waals surface area (Å²) in [4.78, 5) is 0. The molecule has 0 aromatic rings. The first-order valence-electron chi connectivity index (χ1n) is 10.9. The number of hydrogen-bond donors (Lipinski definition) is 2. The Kier molecular flexibility index (Phi) is 4.98. The van der Waals surface area contributed by atoms with Crippen molar-refractivity contribution in [3.05, 3.63) is 0 Å². The Labute approximate surface area is 164 Å². The largest absolute Gasteiger partial charge is 0.397 e. The van der Waals surface area contributed by atoms with E-state index in [1.165, 1.54) is 25.7 Å². The maximum atomic E-state index is 11.1. The van der Waals surface area contributed by atoms with E-state index in [0.29, 0.717) is 24.2 Å². The summed E-state index contributed by atoms with van der Waals surface area (Å²) in [5.41, 5.74) is 0.538. The first-order chi connectivity index (χ1) is 12.5. The van der Waals surface area contributed by atoms with Crippen LogP contribution in [0.5, 0.6) is 0 Å². The molecule has 27 heavy (non-hydrogen) atoms. The summed E-state index contributed by atoms with van der Waals surface area (Å²) in [5.74, 6) is 3.09. The molecule has 5 nitrogen and oxygen atoms in total. The summed E-state index contributed by atoms with van der Waals surface area (Å²) in [6.45, 7) is 6.84. The van der Waals surface area contributed by atoms with Crippen molar-refractivity contribution in [2.45, 2.75) is 90.8 Å². The van der Waals surface area contributed by atoms with E-state index >= 15 is 0 Å². The molecule has 0 heterocycles. The van der Waals surface area contributed by atoms with Gasteiger partial charge in [0.2, 0.25) is 0 Å². The SMILES string of the molecule is C[C@H](O)[C@H]1CC[C@H]2[C@@H]3CC[C@@H]4C[C@H](OS(=O)(=O)O)CC[C@]4(C)[C@H]3CC[C@]12C. The average molecular weight is 401 g/mol. The third-order valence-corrected chi connectivity index (χ3v) is 10.0. The van der Waals surface area contributed by atoms with Crippen LogP contribution in [-0.4, -0.2) is 30.3 Å². The molecule has 0 aromatic heterocycles. The highest BCUT2D eigenvalue weighted by Crippen LogP contribution is 2.67. The molecular formula is C21H36O5S. The quantitative estimate of drug-likeness (QED) is 0.693. The summed E-state index contributed by atoms with van der Waals surface area (Å²) >= 11 is 0. The maximum Gasteiger partial charge on any atom is 0.397 e. The molecule has 0 amide bonds. The molecule has 0 saturated heterocycles. The fraction of sp³-hybridized carbons (Fsp3) is 1.00. The summed E-state index contributed by atoms with van der Waals surface area (Å²) in [6, 6.07) is 0. The highest BCUT2D eigenvalue weighted by molar-refractivity contribution is 7.80. The van der Waals surface area contributed by atoms with E-state index in [2.05, 4.69) is 13.8 Å². The molecule has 0 unspecified atom stereocenters. The molecule has 9 atom stereocenters. The lowest BCUT2D eigenvalue weighted by Gasteiger charge is -2.61. The molecular weight excluding hydrogens is 364 g/mol. The molecule has 4 aliphatic carbocycles. The standard InChI is InChI=1S/C21H36O5S/c1-13(22)17-6-7-18-16-5-4-14-12-15(26-27(23,24)25)8-10-20(14,2)19(16)9-11-21(17,18)3/h13-19,22H,4-12H2,1-3H3,(H,23,24,25)/t13-,14+,15+,16-,17+,18-,19-,20-,21+/m0/s1. The number of rotatable bonds is 3. The van der Waals surface area contributed by atoms with E-state index in [-0.39, 0.29) is 23.0 Å². The second kappa shape index (κ2) is 6.68. The van der Waals surface area contributed by atoms with E-state index in [0.717, 1.165) is 37.5 Å². The van der Waals surface area contributed by atoms with Crippen LogP contribution in [0.4, 0.5) is 0 Å². The summed E-state index contributed by atoms with van der Waals surface area (Å²) in [5, 5.41) is 10.3. The molecule has 0 radical (unpaired) electrons. The number of aliphatic hydroxyl groups is 1. The lowest BCUT2D eigenvalue weighted by atomic mass is 9.44. The number of fused-ring (bicyclic) bond motifs is 5. The van der Waals surface area contributed by atoms with Gasteiger partial charge in [0, 0.05) is 0 Å². The van der Waals surface area contributed by atoms with Crippen molar-refractivity contribution in [1.82, 2.24) is 0 Å². The smallest absolute Gasteiger partial charge is 0.393 e. The van der Waals surface area contributed by atoms with E-state index < -0.39 is 10.4 Å². The molecule has 4 aliphatic rings. The molecule has 2 N–H and O–H groups in total. The second-order valence-corrected chi connectivity index (χ2v) is 11.6. The van der Waals surface area contributed by atoms with Gasteiger partial charge in [-0.3, -0.25) is 4.55 Å². The number of aliphatic hydroxyl groups excluding tert-OH is 1. The van der Waals surface area contributed by atoms with Gasteiger partial charge in [0.1, 0.15) is 0 Å². The van der Waals surface area contributed by atoms with Crippen molar-refractivity contribution in [3.8, 4) is 0 Å². The van der Waals surface area contributed by atoms with Gasteiger partial charge in [0.15, 0.2) is 0 Å². The zero-order valence-corrected chi connectivity index (χ0v) is 17.7. The normalized spacial score (nSPS) is 51.1.